The molecule has 1 saturated heterocycles. The highest BCUT2D eigenvalue weighted by Crippen LogP contribution is 2.32. The maximum absolute atomic E-state index is 12.9. The van der Waals surface area contributed by atoms with Gasteiger partial charge >= 0.3 is 0 Å². The topological polar surface area (TPSA) is 76.7 Å². The Labute approximate surface area is 195 Å². The largest absolute Gasteiger partial charge is 0.354 e. The van der Waals surface area contributed by atoms with Gasteiger partial charge in [0.2, 0.25) is 11.8 Å². The summed E-state index contributed by atoms with van der Waals surface area (Å²) >= 11 is 5.06. The van der Waals surface area contributed by atoms with E-state index in [2.05, 4.69) is 55.7 Å². The fourth-order valence-electron chi connectivity index (χ4n) is 4.66. The van der Waals surface area contributed by atoms with Crippen molar-refractivity contribution in [3.8, 4) is 0 Å². The molecule has 2 amide bonds. The normalized spacial score (nSPS) is 17.6. The molecule has 0 aromatic heterocycles. The van der Waals surface area contributed by atoms with Crippen LogP contribution in [0.5, 0.6) is 0 Å². The van der Waals surface area contributed by atoms with Crippen LogP contribution < -0.4 is 16.2 Å². The molecule has 1 heterocycles. The second-order valence-electron chi connectivity index (χ2n) is 10.3. The number of carbonyl (C=O) groups is 2. The van der Waals surface area contributed by atoms with Gasteiger partial charge in [0.05, 0.1) is 0 Å². The molecule has 3 N–H and O–H groups in total. The lowest BCUT2D eigenvalue weighted by atomic mass is 9.79. The van der Waals surface area contributed by atoms with E-state index in [9.17, 15) is 9.59 Å². The first kappa shape index (κ1) is 27.6. The van der Waals surface area contributed by atoms with Crippen LogP contribution >= 0.6 is 12.2 Å². The summed E-state index contributed by atoms with van der Waals surface area (Å²) in [6, 6.07) is 0.302. The maximum Gasteiger partial charge on any atom is 0.238 e. The quantitative estimate of drug-likeness (QED) is 0.266. The van der Waals surface area contributed by atoms with Gasteiger partial charge in [-0.05, 0) is 72.5 Å². The van der Waals surface area contributed by atoms with Crippen molar-refractivity contribution in [2.24, 2.45) is 0 Å². The van der Waals surface area contributed by atoms with Crippen LogP contribution in [0, 0.1) is 0 Å². The highest BCUT2D eigenvalue weighted by molar-refractivity contribution is 7.80. The number of hydrogen-bond acceptors (Lipinski definition) is 4. The van der Waals surface area contributed by atoms with Crippen molar-refractivity contribution in [3.05, 3.63) is 0 Å². The number of hydrogen-bond donors (Lipinski definition) is 3. The number of nitrogens with one attached hydrogen (secondary N) is 3. The minimum atomic E-state index is -0.0502. The third-order valence-electron chi connectivity index (χ3n) is 5.78. The molecule has 0 spiro atoms. The minimum absolute atomic E-state index is 0.0410. The highest BCUT2D eigenvalue weighted by Gasteiger charge is 2.40. The molecule has 0 unspecified atom stereocenters. The zero-order valence-corrected chi connectivity index (χ0v) is 21.6. The molecule has 0 aromatic rings. The summed E-state index contributed by atoms with van der Waals surface area (Å²) in [6.07, 6.45) is 7.90. The Morgan fingerprint density at radius 2 is 1.45 bits per heavy atom. The third kappa shape index (κ3) is 10.6. The standard InChI is InChI=1S/C23H45N5O2S/c1-8-28(18-16-22(2,3)26-23(4,5)17-18)20(30)15-13-11-9-10-12-14-19(29)24-25-21(31)27(6)7/h18,26H,8-17H2,1-7H3,(H,24,29)(H,25,31). The van der Waals surface area contributed by atoms with Crippen molar-refractivity contribution in [3.63, 3.8) is 0 Å². The van der Waals surface area contributed by atoms with E-state index in [1.165, 1.54) is 0 Å². The van der Waals surface area contributed by atoms with Crippen molar-refractivity contribution < 1.29 is 9.59 Å². The number of nitrogens with zero attached hydrogens (tertiary/aromatic N) is 2. The van der Waals surface area contributed by atoms with E-state index in [4.69, 9.17) is 12.2 Å². The van der Waals surface area contributed by atoms with Crippen molar-refractivity contribution in [1.29, 1.82) is 0 Å². The SMILES string of the molecule is CCN(C(=O)CCCCCCCC(=O)NNC(=S)N(C)C)C1CC(C)(C)NC(C)(C)C1. The number of carbonyl (C=O) groups excluding carboxylic acids is 2. The molecule has 0 atom stereocenters. The number of unbranched alkanes of at least 4 members (excludes halogenated alkanes) is 4. The van der Waals surface area contributed by atoms with Gasteiger partial charge in [0.15, 0.2) is 5.11 Å². The fourth-order valence-corrected chi connectivity index (χ4v) is 4.71. The first-order chi connectivity index (χ1) is 14.4. The molecule has 1 aliphatic heterocycles. The molecule has 1 rings (SSSR count). The van der Waals surface area contributed by atoms with Gasteiger partial charge in [-0.1, -0.05) is 19.3 Å². The van der Waals surface area contributed by atoms with Crippen LogP contribution in [-0.2, 0) is 9.59 Å². The van der Waals surface area contributed by atoms with Crippen LogP contribution in [0.2, 0.25) is 0 Å². The van der Waals surface area contributed by atoms with E-state index in [1.807, 2.05) is 14.1 Å². The molecule has 0 saturated carbocycles. The molecular weight excluding hydrogens is 410 g/mol. The van der Waals surface area contributed by atoms with Crippen molar-refractivity contribution in [2.45, 2.75) is 110 Å². The Bertz CT molecular complexity index is 591. The molecular formula is C23H45N5O2S. The molecule has 1 aliphatic rings. The molecule has 31 heavy (non-hydrogen) atoms. The summed E-state index contributed by atoms with van der Waals surface area (Å²) in [5, 5.41) is 4.18. The number of amides is 2. The van der Waals surface area contributed by atoms with Crippen LogP contribution in [0.15, 0.2) is 0 Å². The molecule has 7 nitrogen and oxygen atoms in total. The van der Waals surface area contributed by atoms with E-state index < -0.39 is 0 Å². The second-order valence-corrected chi connectivity index (χ2v) is 10.7. The monoisotopic (exact) mass is 455 g/mol. The lowest BCUT2D eigenvalue weighted by Crippen LogP contribution is -2.62. The van der Waals surface area contributed by atoms with Gasteiger partial charge in [0.1, 0.15) is 0 Å². The summed E-state index contributed by atoms with van der Waals surface area (Å²) in [6.45, 7) is 11.8. The number of thiocarbonyl (C=S) groups is 1. The third-order valence-corrected chi connectivity index (χ3v) is 6.25. The minimum Gasteiger partial charge on any atom is -0.354 e. The Hall–Kier alpha value is -1.41. The summed E-state index contributed by atoms with van der Waals surface area (Å²) in [5.74, 6) is 0.231. The van der Waals surface area contributed by atoms with Gasteiger partial charge in [-0.25, -0.2) is 0 Å². The van der Waals surface area contributed by atoms with Gasteiger partial charge in [0, 0.05) is 50.6 Å². The van der Waals surface area contributed by atoms with Crippen LogP contribution in [-0.4, -0.2) is 64.5 Å². The summed E-state index contributed by atoms with van der Waals surface area (Å²) in [5.41, 5.74) is 5.42. The van der Waals surface area contributed by atoms with E-state index in [-0.39, 0.29) is 22.9 Å². The predicted molar refractivity (Wildman–Crippen MR) is 132 cm³/mol. The lowest BCUT2D eigenvalue weighted by molar-refractivity contribution is -0.135. The van der Waals surface area contributed by atoms with Crippen LogP contribution in [0.3, 0.4) is 0 Å². The summed E-state index contributed by atoms with van der Waals surface area (Å²) < 4.78 is 0. The van der Waals surface area contributed by atoms with Crippen molar-refractivity contribution in [1.82, 2.24) is 26.0 Å². The Kier molecular flexibility index (Phi) is 11.2. The van der Waals surface area contributed by atoms with Crippen LogP contribution in [0.25, 0.3) is 0 Å². The van der Waals surface area contributed by atoms with Crippen molar-refractivity contribution >= 4 is 29.1 Å². The molecule has 0 aliphatic carbocycles. The Morgan fingerprint density at radius 3 is 1.97 bits per heavy atom. The van der Waals surface area contributed by atoms with Gasteiger partial charge in [-0.15, -0.1) is 0 Å². The van der Waals surface area contributed by atoms with Gasteiger partial charge < -0.3 is 15.1 Å². The first-order valence-electron chi connectivity index (χ1n) is 11.7. The summed E-state index contributed by atoms with van der Waals surface area (Å²) in [7, 11) is 3.64. The average molecular weight is 456 g/mol. The Balaban J connectivity index is 2.24. The first-order valence-corrected chi connectivity index (χ1v) is 12.1. The molecule has 1 fully saturated rings. The maximum atomic E-state index is 12.9. The predicted octanol–water partition coefficient (Wildman–Crippen LogP) is 3.34. The van der Waals surface area contributed by atoms with E-state index >= 15 is 0 Å². The zero-order valence-electron chi connectivity index (χ0n) is 20.8. The van der Waals surface area contributed by atoms with Crippen LogP contribution in [0.4, 0.5) is 0 Å². The number of hydrazine groups is 1. The number of rotatable bonds is 10. The van der Waals surface area contributed by atoms with E-state index in [0.717, 1.165) is 51.5 Å². The summed E-state index contributed by atoms with van der Waals surface area (Å²) in [4.78, 5) is 28.5. The Morgan fingerprint density at radius 1 is 0.935 bits per heavy atom. The van der Waals surface area contributed by atoms with E-state index in [0.29, 0.717) is 24.0 Å². The molecule has 0 radical (unpaired) electrons. The average Bonchev–Trinajstić information content (AvgIpc) is 2.63. The fraction of sp³-hybridized carbons (Fsp3) is 0.870. The van der Waals surface area contributed by atoms with Crippen molar-refractivity contribution in [2.75, 3.05) is 20.6 Å². The van der Waals surface area contributed by atoms with E-state index in [1.54, 1.807) is 4.90 Å². The van der Waals surface area contributed by atoms with Gasteiger partial charge in [0.25, 0.3) is 0 Å². The molecule has 0 bridgehead atoms. The molecule has 8 heteroatoms. The smallest absolute Gasteiger partial charge is 0.238 e. The highest BCUT2D eigenvalue weighted by atomic mass is 32.1. The second kappa shape index (κ2) is 12.6. The van der Waals surface area contributed by atoms with Gasteiger partial charge in [-0.2, -0.15) is 0 Å². The van der Waals surface area contributed by atoms with Gasteiger partial charge in [-0.3, -0.25) is 20.4 Å². The zero-order chi connectivity index (χ0) is 23.7. The lowest BCUT2D eigenvalue weighted by Gasteiger charge is -2.49. The number of piperidine rings is 1. The molecule has 0 aromatic carbocycles. The van der Waals surface area contributed by atoms with Crippen LogP contribution in [0.1, 0.15) is 92.4 Å². The molecule has 180 valence electrons.